The van der Waals surface area contributed by atoms with Crippen LogP contribution in [-0.2, 0) is 13.1 Å². The molecule has 0 radical (unpaired) electrons. The van der Waals surface area contributed by atoms with E-state index in [1.54, 1.807) is 11.6 Å². The van der Waals surface area contributed by atoms with Crippen molar-refractivity contribution in [2.45, 2.75) is 26.9 Å². The number of hydrogen-bond donors (Lipinski definition) is 2. The van der Waals surface area contributed by atoms with Crippen molar-refractivity contribution in [3.8, 4) is 0 Å². The van der Waals surface area contributed by atoms with E-state index >= 15 is 0 Å². The maximum atomic E-state index is 12.1. The summed E-state index contributed by atoms with van der Waals surface area (Å²) >= 11 is 4.41. The highest BCUT2D eigenvalue weighted by Gasteiger charge is 2.10. The molecule has 20 heavy (non-hydrogen) atoms. The summed E-state index contributed by atoms with van der Waals surface area (Å²) in [6.07, 6.45) is 1.61. The number of aromatic amines is 1. The second-order valence-electron chi connectivity index (χ2n) is 4.78. The molecule has 2 aromatic rings. The van der Waals surface area contributed by atoms with E-state index in [9.17, 15) is 9.59 Å². The predicted octanol–water partition coefficient (Wildman–Crippen LogP) is 2.02. The lowest BCUT2D eigenvalue weighted by molar-refractivity contribution is 0.462. The topological polar surface area (TPSA) is 79.8 Å². The van der Waals surface area contributed by atoms with Gasteiger partial charge >= 0.3 is 4.87 Å². The van der Waals surface area contributed by atoms with E-state index in [1.807, 2.05) is 13.8 Å². The molecule has 0 amide bonds. The fourth-order valence-electron chi connectivity index (χ4n) is 1.66. The molecular weight excluding hydrogens is 344 g/mol. The molecule has 6 nitrogen and oxygen atoms in total. The lowest BCUT2D eigenvalue weighted by Gasteiger charge is -2.11. The van der Waals surface area contributed by atoms with Crippen molar-refractivity contribution in [1.82, 2.24) is 14.8 Å². The normalized spacial score (nSPS) is 11.0. The highest BCUT2D eigenvalue weighted by molar-refractivity contribution is 9.10. The van der Waals surface area contributed by atoms with E-state index < -0.39 is 0 Å². The lowest BCUT2D eigenvalue weighted by Crippen LogP contribution is -2.26. The SMILES string of the molecule is CC(C)Cn1ncc(NCc2csc(=O)[nH]2)c(Br)c1=O. The molecular formula is C12H15BrN4O2S. The zero-order chi connectivity index (χ0) is 14.7. The Bertz CT molecular complexity index is 704. The smallest absolute Gasteiger partial charge is 0.304 e. The van der Waals surface area contributed by atoms with Gasteiger partial charge in [-0.25, -0.2) is 4.68 Å². The average molecular weight is 359 g/mol. The summed E-state index contributed by atoms with van der Waals surface area (Å²) in [4.78, 5) is 25.7. The molecule has 0 atom stereocenters. The summed E-state index contributed by atoms with van der Waals surface area (Å²) in [6.45, 7) is 5.07. The highest BCUT2D eigenvalue weighted by atomic mass is 79.9. The fraction of sp³-hybridized carbons (Fsp3) is 0.417. The van der Waals surface area contributed by atoms with Gasteiger partial charge in [0.15, 0.2) is 0 Å². The third-order valence-corrected chi connectivity index (χ3v) is 4.05. The highest BCUT2D eigenvalue weighted by Crippen LogP contribution is 2.17. The fourth-order valence-corrected chi connectivity index (χ4v) is 2.68. The van der Waals surface area contributed by atoms with Gasteiger partial charge in [0, 0.05) is 17.6 Å². The number of aromatic nitrogens is 3. The number of anilines is 1. The van der Waals surface area contributed by atoms with E-state index in [-0.39, 0.29) is 10.4 Å². The summed E-state index contributed by atoms with van der Waals surface area (Å²) in [5.74, 6) is 0.349. The average Bonchev–Trinajstić information content (AvgIpc) is 2.79. The van der Waals surface area contributed by atoms with Crippen LogP contribution in [0.25, 0.3) is 0 Å². The van der Waals surface area contributed by atoms with Crippen molar-refractivity contribution >= 4 is 33.0 Å². The summed E-state index contributed by atoms with van der Waals surface area (Å²) < 4.78 is 1.89. The van der Waals surface area contributed by atoms with Crippen LogP contribution in [0.3, 0.4) is 0 Å². The van der Waals surface area contributed by atoms with Crippen molar-refractivity contribution in [3.63, 3.8) is 0 Å². The quantitative estimate of drug-likeness (QED) is 0.856. The van der Waals surface area contributed by atoms with Gasteiger partial charge in [0.05, 0.1) is 18.4 Å². The van der Waals surface area contributed by atoms with Crippen molar-refractivity contribution in [3.05, 3.63) is 41.8 Å². The number of nitrogens with one attached hydrogen (secondary N) is 2. The Hall–Kier alpha value is -1.41. The van der Waals surface area contributed by atoms with E-state index in [2.05, 4.69) is 31.3 Å². The van der Waals surface area contributed by atoms with E-state index in [1.165, 1.54) is 4.68 Å². The minimum atomic E-state index is -0.164. The number of nitrogens with zero attached hydrogens (tertiary/aromatic N) is 2. The van der Waals surface area contributed by atoms with Crippen LogP contribution in [0.4, 0.5) is 5.69 Å². The predicted molar refractivity (Wildman–Crippen MR) is 83.3 cm³/mol. The number of halogens is 1. The van der Waals surface area contributed by atoms with Gasteiger partial charge in [-0.1, -0.05) is 25.2 Å². The molecule has 0 spiro atoms. The van der Waals surface area contributed by atoms with E-state index in [4.69, 9.17) is 0 Å². The molecule has 0 aliphatic carbocycles. The molecule has 0 aliphatic heterocycles. The summed E-state index contributed by atoms with van der Waals surface area (Å²) in [5.41, 5.74) is 1.22. The zero-order valence-corrected chi connectivity index (χ0v) is 13.5. The molecule has 0 unspecified atom stereocenters. The van der Waals surface area contributed by atoms with Gasteiger partial charge in [0.25, 0.3) is 5.56 Å². The van der Waals surface area contributed by atoms with Gasteiger partial charge in [0.1, 0.15) is 4.47 Å². The first-order chi connectivity index (χ1) is 9.47. The van der Waals surface area contributed by atoms with Crippen LogP contribution in [0.2, 0.25) is 0 Å². The third kappa shape index (κ3) is 3.57. The number of rotatable bonds is 5. The Balaban J connectivity index is 2.15. The van der Waals surface area contributed by atoms with Crippen molar-refractivity contribution < 1.29 is 0 Å². The minimum Gasteiger partial charge on any atom is -0.377 e. The molecule has 8 heteroatoms. The maximum absolute atomic E-state index is 12.1. The second-order valence-corrected chi connectivity index (χ2v) is 6.42. The summed E-state index contributed by atoms with van der Waals surface area (Å²) in [7, 11) is 0. The van der Waals surface area contributed by atoms with Crippen LogP contribution in [0.1, 0.15) is 19.5 Å². The molecule has 0 aromatic carbocycles. The van der Waals surface area contributed by atoms with Crippen molar-refractivity contribution in [2.75, 3.05) is 5.32 Å². The van der Waals surface area contributed by atoms with Gasteiger partial charge in [-0.15, -0.1) is 0 Å². The number of hydrogen-bond acceptors (Lipinski definition) is 5. The molecule has 2 rings (SSSR count). The molecule has 0 bridgehead atoms. The molecule has 2 N–H and O–H groups in total. The van der Waals surface area contributed by atoms with Crippen molar-refractivity contribution in [1.29, 1.82) is 0 Å². The zero-order valence-electron chi connectivity index (χ0n) is 11.1. The molecule has 2 heterocycles. The Labute approximate surface area is 128 Å². The molecule has 0 aliphatic rings. The van der Waals surface area contributed by atoms with Crippen LogP contribution in [-0.4, -0.2) is 14.8 Å². The molecule has 2 aromatic heterocycles. The van der Waals surface area contributed by atoms with Crippen LogP contribution in [0.15, 0.2) is 25.6 Å². The van der Waals surface area contributed by atoms with Gasteiger partial charge < -0.3 is 10.3 Å². The van der Waals surface area contributed by atoms with E-state index in [0.29, 0.717) is 29.2 Å². The first-order valence-corrected chi connectivity index (χ1v) is 7.81. The molecule has 108 valence electrons. The first kappa shape index (κ1) is 15.0. The van der Waals surface area contributed by atoms with E-state index in [0.717, 1.165) is 17.0 Å². The van der Waals surface area contributed by atoms with Crippen LogP contribution >= 0.6 is 27.3 Å². The molecule has 0 fully saturated rings. The minimum absolute atomic E-state index is 0.0914. The van der Waals surface area contributed by atoms with Gasteiger partial charge in [-0.2, -0.15) is 5.10 Å². The third-order valence-electron chi connectivity index (χ3n) is 2.56. The molecule has 0 saturated heterocycles. The van der Waals surface area contributed by atoms with Gasteiger partial charge in [-0.05, 0) is 21.8 Å². The monoisotopic (exact) mass is 358 g/mol. The first-order valence-electron chi connectivity index (χ1n) is 6.13. The van der Waals surface area contributed by atoms with Crippen molar-refractivity contribution in [2.24, 2.45) is 5.92 Å². The summed E-state index contributed by atoms with van der Waals surface area (Å²) in [5, 5.41) is 8.96. The molecule has 0 saturated carbocycles. The van der Waals surface area contributed by atoms with Crippen LogP contribution in [0.5, 0.6) is 0 Å². The van der Waals surface area contributed by atoms with Crippen LogP contribution in [0, 0.1) is 5.92 Å². The Kier molecular flexibility index (Phi) is 4.77. The van der Waals surface area contributed by atoms with Gasteiger partial charge in [0.2, 0.25) is 0 Å². The maximum Gasteiger partial charge on any atom is 0.304 e. The number of H-pyrrole nitrogens is 1. The lowest BCUT2D eigenvalue weighted by atomic mass is 10.2. The standard InChI is InChI=1S/C12H15BrN4O2S/c1-7(2)5-17-11(18)10(13)9(4-15-17)14-3-8-6-20-12(19)16-8/h4,6-7,14H,3,5H2,1-2H3,(H,16,19). The second kappa shape index (κ2) is 6.36. The largest absolute Gasteiger partial charge is 0.377 e. The summed E-state index contributed by atoms with van der Waals surface area (Å²) in [6, 6.07) is 0. The Morgan fingerprint density at radius 1 is 1.50 bits per heavy atom. The van der Waals surface area contributed by atoms with Crippen LogP contribution < -0.4 is 15.7 Å². The number of thiazole rings is 1. The Morgan fingerprint density at radius 2 is 2.25 bits per heavy atom. The Morgan fingerprint density at radius 3 is 2.85 bits per heavy atom. The van der Waals surface area contributed by atoms with Gasteiger partial charge in [-0.3, -0.25) is 9.59 Å².